The molecule has 0 aromatic heterocycles. The summed E-state index contributed by atoms with van der Waals surface area (Å²) in [4.78, 5) is 38.2. The van der Waals surface area contributed by atoms with E-state index in [0.29, 0.717) is 19.3 Å². The average Bonchev–Trinajstić information content (AvgIpc) is 3.42. The van der Waals surface area contributed by atoms with Gasteiger partial charge in [0.2, 0.25) is 0 Å². The molecule has 0 saturated heterocycles. The Morgan fingerprint density at radius 2 is 0.539 bits per heavy atom. The molecule has 0 amide bonds. The molecule has 0 aliphatic rings. The number of ether oxygens (including phenoxy) is 3. The maximum Gasteiger partial charge on any atom is 0.306 e. The highest BCUT2D eigenvalue weighted by molar-refractivity contribution is 5.71. The third-order valence-electron chi connectivity index (χ3n) is 14.7. The predicted molar refractivity (Wildman–Crippen MR) is 330 cm³/mol. The smallest absolute Gasteiger partial charge is 0.306 e. The van der Waals surface area contributed by atoms with Crippen molar-refractivity contribution in [1.82, 2.24) is 0 Å². The zero-order valence-corrected chi connectivity index (χ0v) is 50.8. The van der Waals surface area contributed by atoms with E-state index in [1.807, 2.05) is 0 Å². The van der Waals surface area contributed by atoms with E-state index in [0.717, 1.165) is 96.3 Å². The fourth-order valence-electron chi connectivity index (χ4n) is 9.75. The first kappa shape index (κ1) is 73.1. The van der Waals surface area contributed by atoms with Crippen molar-refractivity contribution in [2.24, 2.45) is 0 Å². The Morgan fingerprint density at radius 1 is 0.276 bits per heavy atom. The van der Waals surface area contributed by atoms with E-state index in [9.17, 15) is 14.4 Å². The summed E-state index contributed by atoms with van der Waals surface area (Å²) < 4.78 is 16.9. The van der Waals surface area contributed by atoms with Crippen molar-refractivity contribution in [3.63, 3.8) is 0 Å². The van der Waals surface area contributed by atoms with Gasteiger partial charge in [-0.1, -0.05) is 293 Å². The van der Waals surface area contributed by atoms with Crippen molar-refractivity contribution in [2.45, 2.75) is 354 Å². The normalized spacial score (nSPS) is 12.4. The summed E-state index contributed by atoms with van der Waals surface area (Å²) in [5.74, 6) is -0.884. The molecule has 0 rings (SSSR count). The monoisotopic (exact) mass is 1060 g/mol. The number of hydrogen-bond donors (Lipinski definition) is 0. The maximum atomic E-state index is 12.9. The van der Waals surface area contributed by atoms with Gasteiger partial charge in [-0.3, -0.25) is 14.4 Å². The molecule has 0 heterocycles. The van der Waals surface area contributed by atoms with E-state index in [1.54, 1.807) is 0 Å². The molecule has 6 heteroatoms. The molecule has 0 aliphatic heterocycles. The van der Waals surface area contributed by atoms with Gasteiger partial charge in [-0.05, 0) is 96.3 Å². The third-order valence-corrected chi connectivity index (χ3v) is 14.7. The van der Waals surface area contributed by atoms with Crippen LogP contribution in [0.15, 0.2) is 60.8 Å². The topological polar surface area (TPSA) is 78.9 Å². The Morgan fingerprint density at radius 3 is 0.868 bits per heavy atom. The number of rotatable bonds is 61. The zero-order valence-electron chi connectivity index (χ0n) is 50.8. The van der Waals surface area contributed by atoms with Crippen LogP contribution in [-0.2, 0) is 28.6 Å². The molecule has 442 valence electrons. The van der Waals surface area contributed by atoms with Gasteiger partial charge < -0.3 is 14.2 Å². The summed E-state index contributed by atoms with van der Waals surface area (Å²) in [7, 11) is 0. The third kappa shape index (κ3) is 62.0. The van der Waals surface area contributed by atoms with Crippen LogP contribution in [0, 0.1) is 0 Å². The molecule has 0 fully saturated rings. The van der Waals surface area contributed by atoms with Gasteiger partial charge in [0.15, 0.2) is 6.10 Å². The number of hydrogen-bond acceptors (Lipinski definition) is 6. The summed E-state index contributed by atoms with van der Waals surface area (Å²) in [5, 5.41) is 0. The highest BCUT2D eigenvalue weighted by Crippen LogP contribution is 2.18. The Kier molecular flexibility index (Phi) is 62.2. The molecule has 0 saturated carbocycles. The van der Waals surface area contributed by atoms with Gasteiger partial charge in [-0.25, -0.2) is 0 Å². The molecule has 0 spiro atoms. The van der Waals surface area contributed by atoms with Crippen molar-refractivity contribution in [1.29, 1.82) is 0 Å². The summed E-state index contributed by atoms with van der Waals surface area (Å²) in [6.07, 6.45) is 82.6. The zero-order chi connectivity index (χ0) is 55.0. The van der Waals surface area contributed by atoms with Gasteiger partial charge in [-0.2, -0.15) is 0 Å². The van der Waals surface area contributed by atoms with Gasteiger partial charge in [0.1, 0.15) is 13.2 Å². The number of allylic oxidation sites excluding steroid dienone is 10. The summed E-state index contributed by atoms with van der Waals surface area (Å²) >= 11 is 0. The molecule has 1 atom stereocenters. The first-order chi connectivity index (χ1) is 37.5. The predicted octanol–water partition coefficient (Wildman–Crippen LogP) is 22.7. The first-order valence-electron chi connectivity index (χ1n) is 33.3. The van der Waals surface area contributed by atoms with E-state index in [4.69, 9.17) is 14.2 Å². The summed E-state index contributed by atoms with van der Waals surface area (Å²) in [5.41, 5.74) is 0. The van der Waals surface area contributed by atoms with Gasteiger partial charge in [0.25, 0.3) is 0 Å². The lowest BCUT2D eigenvalue weighted by Gasteiger charge is -2.18. The van der Waals surface area contributed by atoms with Crippen molar-refractivity contribution in [3.8, 4) is 0 Å². The number of unbranched alkanes of at least 4 members (excludes halogenated alkanes) is 40. The molecule has 0 aromatic carbocycles. The molecule has 0 aliphatic carbocycles. The molecule has 76 heavy (non-hydrogen) atoms. The van der Waals surface area contributed by atoms with E-state index < -0.39 is 6.10 Å². The van der Waals surface area contributed by atoms with Crippen LogP contribution in [0.25, 0.3) is 0 Å². The molecular weight excluding hydrogens is 937 g/mol. The number of esters is 3. The molecular formula is C70H126O6. The molecule has 6 nitrogen and oxygen atoms in total. The molecule has 0 radical (unpaired) electrons. The average molecular weight is 1060 g/mol. The quantitative estimate of drug-likeness (QED) is 0.0261. The maximum absolute atomic E-state index is 12.9. The van der Waals surface area contributed by atoms with Crippen LogP contribution in [0.1, 0.15) is 348 Å². The fraction of sp³-hybridized carbons (Fsp3) is 0.814. The van der Waals surface area contributed by atoms with Crippen LogP contribution in [0.4, 0.5) is 0 Å². The summed E-state index contributed by atoms with van der Waals surface area (Å²) in [6.45, 7) is 6.49. The lowest BCUT2D eigenvalue weighted by atomic mass is 10.0. The number of carbonyl (C=O) groups excluding carboxylic acids is 3. The highest BCUT2D eigenvalue weighted by atomic mass is 16.6. The van der Waals surface area contributed by atoms with E-state index in [2.05, 4.69) is 81.5 Å². The lowest BCUT2D eigenvalue weighted by Crippen LogP contribution is -2.30. The Balaban J connectivity index is 4.10. The van der Waals surface area contributed by atoms with Crippen LogP contribution in [0.2, 0.25) is 0 Å². The largest absolute Gasteiger partial charge is 0.462 e. The first-order valence-corrected chi connectivity index (χ1v) is 33.3. The van der Waals surface area contributed by atoms with Crippen LogP contribution < -0.4 is 0 Å². The Bertz CT molecular complexity index is 1360. The van der Waals surface area contributed by atoms with Gasteiger partial charge in [0.05, 0.1) is 0 Å². The SMILES string of the molecule is CC/C=C\C/C=C\C/C=C\CCCCCCCCCC(=O)OC(COC(=O)CCCCCCC/C=C\CCC)COC(=O)CCCCCCCCCCCCCCCCCCCCC/C=C\CCCCCCCCCC. The minimum atomic E-state index is -0.782. The van der Waals surface area contributed by atoms with Gasteiger partial charge in [-0.15, -0.1) is 0 Å². The van der Waals surface area contributed by atoms with Crippen LogP contribution in [-0.4, -0.2) is 37.2 Å². The Labute approximate surface area is 472 Å². The molecule has 1 unspecified atom stereocenters. The molecule has 0 bridgehead atoms. The fourth-order valence-corrected chi connectivity index (χ4v) is 9.75. The van der Waals surface area contributed by atoms with Crippen LogP contribution >= 0.6 is 0 Å². The summed E-state index contributed by atoms with van der Waals surface area (Å²) in [6, 6.07) is 0. The second kappa shape index (κ2) is 64.6. The van der Waals surface area contributed by atoms with Crippen molar-refractivity contribution in [3.05, 3.63) is 60.8 Å². The van der Waals surface area contributed by atoms with E-state index >= 15 is 0 Å². The highest BCUT2D eigenvalue weighted by Gasteiger charge is 2.19. The standard InChI is InChI=1S/C70H126O6/c1-4-7-10-13-16-19-22-24-26-28-29-30-31-32-33-34-35-36-37-38-39-40-41-43-44-46-48-51-54-57-60-63-69(72)75-66-67(65-74-68(71)62-59-56-53-50-21-18-15-12-9-6-3)76-70(73)64-61-58-55-52-49-47-45-42-27-25-23-20-17-14-11-8-5-2/h8,11-12,15,17,20,25,27-29,67H,4-7,9-10,13-14,16,18-19,21-24,26,30-66H2,1-3H3/b11-8-,15-12-,20-17-,27-25-,29-28-. The minimum Gasteiger partial charge on any atom is -0.462 e. The lowest BCUT2D eigenvalue weighted by molar-refractivity contribution is -0.167. The van der Waals surface area contributed by atoms with Crippen LogP contribution in [0.5, 0.6) is 0 Å². The van der Waals surface area contributed by atoms with Crippen molar-refractivity contribution < 1.29 is 28.6 Å². The van der Waals surface area contributed by atoms with Crippen molar-refractivity contribution >= 4 is 17.9 Å². The number of carbonyl (C=O) groups is 3. The second-order valence-electron chi connectivity index (χ2n) is 22.3. The van der Waals surface area contributed by atoms with E-state index in [1.165, 1.54) is 212 Å². The van der Waals surface area contributed by atoms with Gasteiger partial charge >= 0.3 is 17.9 Å². The van der Waals surface area contributed by atoms with Crippen LogP contribution in [0.3, 0.4) is 0 Å². The van der Waals surface area contributed by atoms with Gasteiger partial charge in [0, 0.05) is 19.3 Å². The molecule has 0 aromatic rings. The second-order valence-corrected chi connectivity index (χ2v) is 22.3. The molecule has 0 N–H and O–H groups in total. The minimum absolute atomic E-state index is 0.0782. The van der Waals surface area contributed by atoms with E-state index in [-0.39, 0.29) is 31.1 Å². The Hall–Kier alpha value is -2.89. The van der Waals surface area contributed by atoms with Crippen molar-refractivity contribution in [2.75, 3.05) is 13.2 Å².